The van der Waals surface area contributed by atoms with Crippen LogP contribution in [0.15, 0.2) is 30.5 Å². The summed E-state index contributed by atoms with van der Waals surface area (Å²) in [4.78, 5) is 23.9. The second-order valence-electron chi connectivity index (χ2n) is 13.1. The Kier molecular flexibility index (Phi) is 13.2. The minimum Gasteiger partial charge on any atom is -0.496 e. The lowest BCUT2D eigenvalue weighted by Gasteiger charge is -2.22. The third-order valence-corrected chi connectivity index (χ3v) is 9.66. The molecule has 3 rings (SSSR count). The van der Waals surface area contributed by atoms with Crippen molar-refractivity contribution in [3.63, 3.8) is 0 Å². The van der Waals surface area contributed by atoms with Gasteiger partial charge in [0.1, 0.15) is 24.1 Å². The summed E-state index contributed by atoms with van der Waals surface area (Å²) in [6.07, 6.45) is 9.69. The molecule has 0 fully saturated rings. The molecule has 0 saturated heterocycles. The third-order valence-electron chi connectivity index (χ3n) is 7.95. The van der Waals surface area contributed by atoms with Gasteiger partial charge in [-0.1, -0.05) is 45.5 Å². The summed E-state index contributed by atoms with van der Waals surface area (Å²) in [5.74, 6) is 2.56. The van der Waals surface area contributed by atoms with Crippen LogP contribution < -0.4 is 4.74 Å². The fourth-order valence-electron chi connectivity index (χ4n) is 5.35. The summed E-state index contributed by atoms with van der Waals surface area (Å²) in [6.45, 7) is 13.4. The number of benzene rings is 1. The number of methoxy groups -OCH3 is 1. The molecule has 0 bridgehead atoms. The van der Waals surface area contributed by atoms with E-state index in [-0.39, 0.29) is 0 Å². The summed E-state index contributed by atoms with van der Waals surface area (Å²) in [6, 6.07) is 9.51. The van der Waals surface area contributed by atoms with Gasteiger partial charge in [0.2, 0.25) is 0 Å². The van der Waals surface area contributed by atoms with Crippen molar-refractivity contribution in [3.05, 3.63) is 42.0 Å². The molecule has 2 aromatic heterocycles. The minimum atomic E-state index is -1.21. The van der Waals surface area contributed by atoms with E-state index in [9.17, 15) is 4.79 Å². The lowest BCUT2D eigenvalue weighted by atomic mass is 9.94. The summed E-state index contributed by atoms with van der Waals surface area (Å²) in [5.41, 5.74) is 3.94. The average molecular weight is 595 g/mol. The van der Waals surface area contributed by atoms with E-state index in [1.165, 1.54) is 0 Å². The lowest BCUT2D eigenvalue weighted by molar-refractivity contribution is -0.118. The van der Waals surface area contributed by atoms with Crippen molar-refractivity contribution in [1.82, 2.24) is 19.4 Å². The van der Waals surface area contributed by atoms with E-state index in [2.05, 4.69) is 61.4 Å². The standard InChI is InChI=1S/C34H54N4O3Si/c1-9-29(39)16-12-10-11-14-27(15-13-19-37(3)4)34-35-24-32(38(34)25-41-20-21-42(6,7)8)30-22-28-18-17-26(2)36-31(28)23-33(30)40-5/h17-18,22-24,27H,9-16,19-21,25H2,1-8H3/t27-/m1/s1. The van der Waals surface area contributed by atoms with E-state index in [0.717, 1.165) is 97.1 Å². The van der Waals surface area contributed by atoms with Gasteiger partial charge in [0.25, 0.3) is 0 Å². The first-order chi connectivity index (χ1) is 20.0. The number of ketones is 1. The van der Waals surface area contributed by atoms with Crippen LogP contribution in [-0.2, 0) is 16.3 Å². The second-order valence-corrected chi connectivity index (χ2v) is 18.7. The number of hydrogen-bond donors (Lipinski definition) is 0. The molecule has 1 aromatic carbocycles. The molecule has 7 nitrogen and oxygen atoms in total. The predicted octanol–water partition coefficient (Wildman–Crippen LogP) is 8.08. The largest absolute Gasteiger partial charge is 0.496 e. The van der Waals surface area contributed by atoms with Crippen LogP contribution in [-0.4, -0.2) is 67.6 Å². The van der Waals surface area contributed by atoms with Crippen LogP contribution >= 0.6 is 0 Å². The first-order valence-electron chi connectivity index (χ1n) is 15.8. The molecule has 0 amide bonds. The Labute approximate surface area is 255 Å². The van der Waals surface area contributed by atoms with Crippen LogP contribution in [0.1, 0.15) is 75.7 Å². The number of pyridine rings is 1. The number of unbranched alkanes of at least 4 members (excludes halogenated alkanes) is 2. The SMILES string of the molecule is CCC(=O)CCCCC[C@H](CCCN(C)C)c1ncc(-c2cc3ccc(C)nc3cc2OC)n1COCC[Si](C)(C)C. The maximum Gasteiger partial charge on any atom is 0.132 e. The number of carbonyl (C=O) groups is 1. The Morgan fingerprint density at radius 3 is 2.52 bits per heavy atom. The number of carbonyl (C=O) groups excluding carboxylic acids is 1. The van der Waals surface area contributed by atoms with Crippen molar-refractivity contribution in [2.45, 2.75) is 104 Å². The molecule has 232 valence electrons. The quantitative estimate of drug-likeness (QED) is 0.103. The second kappa shape index (κ2) is 16.3. The van der Waals surface area contributed by atoms with Gasteiger partial charge in [0.15, 0.2) is 0 Å². The molecule has 0 aliphatic rings. The van der Waals surface area contributed by atoms with Crippen molar-refractivity contribution in [2.24, 2.45) is 0 Å². The molecule has 0 unspecified atom stereocenters. The molecule has 0 aliphatic carbocycles. The van der Waals surface area contributed by atoms with Gasteiger partial charge >= 0.3 is 0 Å². The lowest BCUT2D eigenvalue weighted by Crippen LogP contribution is -2.22. The highest BCUT2D eigenvalue weighted by atomic mass is 28.3. The Bertz CT molecular complexity index is 1280. The molecular weight excluding hydrogens is 540 g/mol. The van der Waals surface area contributed by atoms with Gasteiger partial charge in [-0.15, -0.1) is 0 Å². The van der Waals surface area contributed by atoms with E-state index in [1.807, 2.05) is 26.1 Å². The summed E-state index contributed by atoms with van der Waals surface area (Å²) < 4.78 is 14.6. The monoisotopic (exact) mass is 594 g/mol. The molecule has 42 heavy (non-hydrogen) atoms. The van der Waals surface area contributed by atoms with Gasteiger partial charge < -0.3 is 18.9 Å². The number of rotatable bonds is 19. The summed E-state index contributed by atoms with van der Waals surface area (Å²) in [7, 11) is 4.77. The van der Waals surface area contributed by atoms with Crippen LogP contribution in [0.5, 0.6) is 5.75 Å². The number of Topliss-reactive ketones (excluding diaryl/α,β-unsaturated/α-hetero) is 1. The zero-order valence-electron chi connectivity index (χ0n) is 27.5. The third kappa shape index (κ3) is 10.3. The zero-order valence-corrected chi connectivity index (χ0v) is 28.5. The number of nitrogens with zero attached hydrogens (tertiary/aromatic N) is 4. The first-order valence-corrected chi connectivity index (χ1v) is 19.5. The minimum absolute atomic E-state index is 0.317. The van der Waals surface area contributed by atoms with Gasteiger partial charge in [-0.3, -0.25) is 9.78 Å². The van der Waals surface area contributed by atoms with E-state index >= 15 is 0 Å². The molecule has 0 N–H and O–H groups in total. The Morgan fingerprint density at radius 2 is 1.83 bits per heavy atom. The number of fused-ring (bicyclic) bond motifs is 1. The number of hydrogen-bond acceptors (Lipinski definition) is 6. The molecule has 0 radical (unpaired) electrons. The summed E-state index contributed by atoms with van der Waals surface area (Å²) >= 11 is 0. The van der Waals surface area contributed by atoms with Gasteiger partial charge in [-0.2, -0.15) is 0 Å². The zero-order chi connectivity index (χ0) is 30.7. The van der Waals surface area contributed by atoms with E-state index in [0.29, 0.717) is 31.3 Å². The molecule has 8 heteroatoms. The van der Waals surface area contributed by atoms with E-state index in [1.54, 1.807) is 7.11 Å². The van der Waals surface area contributed by atoms with E-state index in [4.69, 9.17) is 19.4 Å². The molecule has 2 heterocycles. The van der Waals surface area contributed by atoms with Gasteiger partial charge in [0.05, 0.1) is 24.5 Å². The Morgan fingerprint density at radius 1 is 1.07 bits per heavy atom. The maximum atomic E-state index is 11.8. The Balaban J connectivity index is 1.96. The highest BCUT2D eigenvalue weighted by molar-refractivity contribution is 6.76. The van der Waals surface area contributed by atoms with Crippen LogP contribution in [0.25, 0.3) is 22.2 Å². The van der Waals surface area contributed by atoms with Crippen molar-refractivity contribution in [2.75, 3.05) is 34.4 Å². The molecule has 0 saturated carbocycles. The Hall–Kier alpha value is -2.55. The maximum absolute atomic E-state index is 11.8. The topological polar surface area (TPSA) is 69.5 Å². The normalized spacial score (nSPS) is 12.8. The molecule has 3 aromatic rings. The number of aryl methyl sites for hydroxylation is 1. The van der Waals surface area contributed by atoms with Crippen LogP contribution in [0, 0.1) is 6.92 Å². The number of imidazole rings is 1. The van der Waals surface area contributed by atoms with Crippen molar-refractivity contribution < 1.29 is 14.3 Å². The number of ether oxygens (including phenoxy) is 2. The average Bonchev–Trinajstić information content (AvgIpc) is 3.35. The van der Waals surface area contributed by atoms with Gasteiger partial charge in [-0.05, 0) is 71.4 Å². The smallest absolute Gasteiger partial charge is 0.132 e. The van der Waals surface area contributed by atoms with Crippen LogP contribution in [0.2, 0.25) is 25.7 Å². The van der Waals surface area contributed by atoms with Crippen molar-refractivity contribution in [3.8, 4) is 17.0 Å². The van der Waals surface area contributed by atoms with E-state index < -0.39 is 8.07 Å². The fraction of sp³-hybridized carbons (Fsp3) is 0.618. The molecule has 0 aliphatic heterocycles. The van der Waals surface area contributed by atoms with Gasteiger partial charge in [-0.25, -0.2) is 4.98 Å². The predicted molar refractivity (Wildman–Crippen MR) is 177 cm³/mol. The highest BCUT2D eigenvalue weighted by Gasteiger charge is 2.23. The van der Waals surface area contributed by atoms with Crippen molar-refractivity contribution >= 4 is 24.8 Å². The van der Waals surface area contributed by atoms with Crippen LogP contribution in [0.4, 0.5) is 0 Å². The number of aromatic nitrogens is 3. The molecule has 1 atom stereocenters. The molecule has 0 spiro atoms. The summed E-state index contributed by atoms with van der Waals surface area (Å²) in [5, 5.41) is 1.08. The fourth-order valence-corrected chi connectivity index (χ4v) is 6.10. The molecular formula is C34H54N4O3Si. The van der Waals surface area contributed by atoms with Crippen molar-refractivity contribution in [1.29, 1.82) is 0 Å². The van der Waals surface area contributed by atoms with Crippen LogP contribution in [0.3, 0.4) is 0 Å². The van der Waals surface area contributed by atoms with Gasteiger partial charge in [0, 0.05) is 56.2 Å². The highest BCUT2D eigenvalue weighted by Crippen LogP contribution is 2.37. The first kappa shape index (κ1) is 33.9.